The van der Waals surface area contributed by atoms with E-state index >= 15 is 0 Å². The lowest BCUT2D eigenvalue weighted by Gasteiger charge is -2.14. The minimum absolute atomic E-state index is 0.658. The molecule has 1 aliphatic rings. The van der Waals surface area contributed by atoms with E-state index in [1.165, 1.54) is 19.3 Å². The highest BCUT2D eigenvalue weighted by molar-refractivity contribution is 5.74. The Morgan fingerprint density at radius 2 is 2.24 bits per heavy atom. The highest BCUT2D eigenvalue weighted by atomic mass is 16.4. The Bertz CT molecular complexity index is 473. The molecule has 1 aliphatic carbocycles. The number of nitrogens with zero attached hydrogens (tertiary/aromatic N) is 1. The number of rotatable bonds is 3. The maximum Gasteiger partial charge on any atom is 0.295 e. The average molecular weight is 230 g/mol. The van der Waals surface area contributed by atoms with Crippen molar-refractivity contribution in [3.05, 3.63) is 24.3 Å². The van der Waals surface area contributed by atoms with Crippen molar-refractivity contribution in [1.82, 2.24) is 4.98 Å². The molecule has 3 rings (SSSR count). The van der Waals surface area contributed by atoms with Gasteiger partial charge in [0.1, 0.15) is 5.52 Å². The summed E-state index contributed by atoms with van der Waals surface area (Å²) in [6.07, 6.45) is 4.05. The molecular weight excluding hydrogens is 212 g/mol. The molecule has 0 amide bonds. The molecule has 1 heterocycles. The molecule has 17 heavy (non-hydrogen) atoms. The molecule has 2 atom stereocenters. The molecule has 3 nitrogen and oxygen atoms in total. The van der Waals surface area contributed by atoms with Crippen LogP contribution in [0.3, 0.4) is 0 Å². The van der Waals surface area contributed by atoms with Crippen LogP contribution in [0.5, 0.6) is 0 Å². The van der Waals surface area contributed by atoms with E-state index in [4.69, 9.17) is 4.42 Å². The van der Waals surface area contributed by atoms with Crippen LogP contribution in [0.1, 0.15) is 26.2 Å². The van der Waals surface area contributed by atoms with Crippen LogP contribution in [0.2, 0.25) is 0 Å². The van der Waals surface area contributed by atoms with Gasteiger partial charge in [-0.25, -0.2) is 0 Å². The monoisotopic (exact) mass is 230 g/mol. The summed E-state index contributed by atoms with van der Waals surface area (Å²) in [7, 11) is 0. The lowest BCUT2D eigenvalue weighted by atomic mass is 9.98. The van der Waals surface area contributed by atoms with Crippen LogP contribution in [0.25, 0.3) is 11.1 Å². The number of hydrogen-bond donors (Lipinski definition) is 1. The summed E-state index contributed by atoms with van der Waals surface area (Å²) in [5.41, 5.74) is 1.78. The van der Waals surface area contributed by atoms with Crippen LogP contribution >= 0.6 is 0 Å². The summed E-state index contributed by atoms with van der Waals surface area (Å²) >= 11 is 0. The molecule has 3 heteroatoms. The number of oxazole rings is 1. The third-order valence-corrected chi connectivity index (χ3v) is 3.85. The Balaban J connectivity index is 1.68. The fourth-order valence-corrected chi connectivity index (χ4v) is 2.69. The van der Waals surface area contributed by atoms with Crippen molar-refractivity contribution in [2.75, 3.05) is 11.9 Å². The molecule has 90 valence electrons. The molecule has 2 aromatic rings. The zero-order valence-corrected chi connectivity index (χ0v) is 10.1. The minimum atomic E-state index is 0.658. The lowest BCUT2D eigenvalue weighted by Crippen LogP contribution is -2.16. The highest BCUT2D eigenvalue weighted by Crippen LogP contribution is 2.31. The van der Waals surface area contributed by atoms with Crippen molar-refractivity contribution >= 4 is 17.1 Å². The van der Waals surface area contributed by atoms with Gasteiger partial charge in [0.15, 0.2) is 5.58 Å². The van der Waals surface area contributed by atoms with Gasteiger partial charge in [-0.2, -0.15) is 4.98 Å². The van der Waals surface area contributed by atoms with Gasteiger partial charge in [0, 0.05) is 6.54 Å². The van der Waals surface area contributed by atoms with E-state index in [1.807, 2.05) is 24.3 Å². The normalized spacial score (nSPS) is 24.3. The van der Waals surface area contributed by atoms with Gasteiger partial charge in [-0.1, -0.05) is 31.9 Å². The molecule has 1 aromatic carbocycles. The first-order chi connectivity index (χ1) is 8.33. The van der Waals surface area contributed by atoms with E-state index in [2.05, 4.69) is 17.2 Å². The van der Waals surface area contributed by atoms with Gasteiger partial charge in [0.25, 0.3) is 6.01 Å². The molecular formula is C14H18N2O. The van der Waals surface area contributed by atoms with Crippen LogP contribution in [-0.4, -0.2) is 11.5 Å². The molecule has 1 saturated carbocycles. The fourth-order valence-electron chi connectivity index (χ4n) is 2.69. The lowest BCUT2D eigenvalue weighted by molar-refractivity contribution is 0.434. The number of hydrogen-bond acceptors (Lipinski definition) is 3. The maximum atomic E-state index is 5.64. The predicted octanol–water partition coefficient (Wildman–Crippen LogP) is 3.68. The number of anilines is 1. The van der Waals surface area contributed by atoms with Crippen molar-refractivity contribution in [3.8, 4) is 0 Å². The van der Waals surface area contributed by atoms with Gasteiger partial charge in [-0.05, 0) is 30.4 Å². The van der Waals surface area contributed by atoms with E-state index in [1.54, 1.807) is 0 Å². The highest BCUT2D eigenvalue weighted by Gasteiger charge is 2.23. The quantitative estimate of drug-likeness (QED) is 0.874. The predicted molar refractivity (Wildman–Crippen MR) is 69.0 cm³/mol. The first kappa shape index (κ1) is 10.6. The number of nitrogens with one attached hydrogen (secondary N) is 1. The summed E-state index contributed by atoms with van der Waals surface area (Å²) in [5, 5.41) is 3.33. The third kappa shape index (κ3) is 2.14. The van der Waals surface area contributed by atoms with Gasteiger partial charge in [-0.3, -0.25) is 0 Å². The maximum absolute atomic E-state index is 5.64. The fraction of sp³-hybridized carbons (Fsp3) is 0.500. The van der Waals surface area contributed by atoms with E-state index in [-0.39, 0.29) is 0 Å². The number of fused-ring (bicyclic) bond motifs is 1. The van der Waals surface area contributed by atoms with Gasteiger partial charge in [0.2, 0.25) is 0 Å². The molecule has 0 spiro atoms. The van der Waals surface area contributed by atoms with Crippen LogP contribution < -0.4 is 5.32 Å². The van der Waals surface area contributed by atoms with E-state index in [9.17, 15) is 0 Å². The zero-order valence-electron chi connectivity index (χ0n) is 10.1. The van der Waals surface area contributed by atoms with Crippen molar-refractivity contribution in [2.45, 2.75) is 26.2 Å². The molecule has 2 unspecified atom stereocenters. The summed E-state index contributed by atoms with van der Waals surface area (Å²) in [6.45, 7) is 3.32. The van der Waals surface area contributed by atoms with E-state index in [0.717, 1.165) is 29.5 Å². The Morgan fingerprint density at radius 3 is 3.00 bits per heavy atom. The van der Waals surface area contributed by atoms with Crippen molar-refractivity contribution in [1.29, 1.82) is 0 Å². The topological polar surface area (TPSA) is 38.1 Å². The molecule has 1 aromatic heterocycles. The molecule has 0 aliphatic heterocycles. The minimum Gasteiger partial charge on any atom is -0.424 e. The molecule has 1 fully saturated rings. The smallest absolute Gasteiger partial charge is 0.295 e. The first-order valence-electron chi connectivity index (χ1n) is 6.42. The number of para-hydroxylation sites is 2. The van der Waals surface area contributed by atoms with Crippen molar-refractivity contribution in [2.24, 2.45) is 11.8 Å². The Morgan fingerprint density at radius 1 is 1.35 bits per heavy atom. The number of aromatic nitrogens is 1. The molecule has 1 N–H and O–H groups in total. The molecule has 0 bridgehead atoms. The Kier molecular flexibility index (Phi) is 2.75. The van der Waals surface area contributed by atoms with E-state index in [0.29, 0.717) is 6.01 Å². The summed E-state index contributed by atoms with van der Waals surface area (Å²) in [4.78, 5) is 4.42. The Labute approximate surface area is 101 Å². The third-order valence-electron chi connectivity index (χ3n) is 3.85. The first-order valence-corrected chi connectivity index (χ1v) is 6.42. The summed E-state index contributed by atoms with van der Waals surface area (Å²) in [5.74, 6) is 1.59. The Hall–Kier alpha value is -1.51. The largest absolute Gasteiger partial charge is 0.424 e. The molecule has 0 radical (unpaired) electrons. The van der Waals surface area contributed by atoms with Crippen LogP contribution in [0.4, 0.5) is 6.01 Å². The summed E-state index contributed by atoms with van der Waals surface area (Å²) < 4.78 is 5.64. The molecule has 0 saturated heterocycles. The van der Waals surface area contributed by atoms with Crippen molar-refractivity contribution < 1.29 is 4.42 Å². The second-order valence-electron chi connectivity index (χ2n) is 5.04. The van der Waals surface area contributed by atoms with Gasteiger partial charge in [-0.15, -0.1) is 0 Å². The SMILES string of the molecule is CC1CCCC1CNc1nc2ccccc2o1. The van der Waals surface area contributed by atoms with Gasteiger partial charge < -0.3 is 9.73 Å². The van der Waals surface area contributed by atoms with Gasteiger partial charge in [0.05, 0.1) is 0 Å². The number of benzene rings is 1. The van der Waals surface area contributed by atoms with Crippen molar-refractivity contribution in [3.63, 3.8) is 0 Å². The van der Waals surface area contributed by atoms with Crippen LogP contribution in [0.15, 0.2) is 28.7 Å². The second-order valence-corrected chi connectivity index (χ2v) is 5.04. The summed E-state index contributed by atoms with van der Waals surface area (Å²) in [6, 6.07) is 8.53. The zero-order chi connectivity index (χ0) is 11.7. The van der Waals surface area contributed by atoms with Crippen LogP contribution in [0, 0.1) is 11.8 Å². The second kappa shape index (κ2) is 4.40. The standard InChI is InChI=1S/C14H18N2O/c1-10-5-4-6-11(10)9-15-14-16-12-7-2-3-8-13(12)17-14/h2-3,7-8,10-11H,4-6,9H2,1H3,(H,15,16). The van der Waals surface area contributed by atoms with Crippen LogP contribution in [-0.2, 0) is 0 Å². The average Bonchev–Trinajstić information content (AvgIpc) is 2.92. The van der Waals surface area contributed by atoms with E-state index < -0.39 is 0 Å². The van der Waals surface area contributed by atoms with Gasteiger partial charge >= 0.3 is 0 Å².